The van der Waals surface area contributed by atoms with Crippen molar-refractivity contribution >= 4 is 107 Å². The van der Waals surface area contributed by atoms with Crippen molar-refractivity contribution in [2.45, 2.75) is 27.7 Å². The molecule has 19 heteroatoms. The van der Waals surface area contributed by atoms with Crippen LogP contribution in [-0.4, -0.2) is 42.9 Å². The Labute approximate surface area is 398 Å². The molecular formula is C46H42ClIN14O3. The standard InChI is InChI=1S/C23H19N7O.C23H18N6O.ClH.HI.H3NO/c1-15-10-18(4-3-9-24)11-16(2)22(15)29-21-12-20(14-26-31)28-23(30-21)27-19-7-5-17(13-25)6-8-19;1-15-10-18(4-3-9-24)11-16(2)22(15)28-21-12-20(14-30)27-23(29-21)26-19-7-5-17(13-25)6-8-19;;;1-2/h3-8,10-12,14,31H,1-2H3,(H2,27,28,29,30);3-8,10-12,14H,1-2H3,(H2,26,27,28,29);2*1H;2H,1H2/b4-3+,26-14+;4-3+;;;. The van der Waals surface area contributed by atoms with Gasteiger partial charge in [0.05, 0.1) is 47.3 Å². The first-order valence-corrected chi connectivity index (χ1v) is 18.6. The van der Waals surface area contributed by atoms with Crippen LogP contribution in [0.3, 0.4) is 0 Å². The number of hydrogen-bond acceptors (Lipinski definition) is 17. The number of rotatable bonds is 12. The molecule has 0 radical (unpaired) electrons. The SMILES string of the molecule is Cc1cc(/C=C/C#N)cc(C)c1Nc1cc(/C=N/O)nc(Nc2ccc(C#N)cc2)n1.Cc1cc(/C=C/C#N)cc(C)c1Nc1cc(C=O)nc(Nc2ccc(C#N)cc2)n1.Cl.I.NO. The summed E-state index contributed by atoms with van der Waals surface area (Å²) in [4.78, 5) is 28.8. The average molecular weight is 1000 g/mol. The second kappa shape index (κ2) is 27.0. The lowest BCUT2D eigenvalue weighted by atomic mass is 10.0. The Morgan fingerprint density at radius 3 is 1.29 bits per heavy atom. The number of oxime groups is 1. The fourth-order valence-corrected chi connectivity index (χ4v) is 5.98. The monoisotopic (exact) mass is 1000 g/mol. The predicted octanol–water partition coefficient (Wildman–Crippen LogP) is 9.97. The van der Waals surface area contributed by atoms with E-state index in [0.717, 1.165) is 44.8 Å². The van der Waals surface area contributed by atoms with E-state index in [1.54, 1.807) is 72.8 Å². The largest absolute Gasteiger partial charge is 0.411 e. The normalized spacial score (nSPS) is 9.94. The highest BCUT2D eigenvalue weighted by molar-refractivity contribution is 14.0. The lowest BCUT2D eigenvalue weighted by Crippen LogP contribution is -2.05. The van der Waals surface area contributed by atoms with E-state index in [-0.39, 0.29) is 48.0 Å². The van der Waals surface area contributed by atoms with Crippen LogP contribution in [0.5, 0.6) is 0 Å². The van der Waals surface area contributed by atoms with Gasteiger partial charge in [0, 0.05) is 47.0 Å². The average Bonchev–Trinajstić information content (AvgIpc) is 3.29. The van der Waals surface area contributed by atoms with Gasteiger partial charge in [-0.3, -0.25) is 4.79 Å². The summed E-state index contributed by atoms with van der Waals surface area (Å²) < 4.78 is 0. The predicted molar refractivity (Wildman–Crippen MR) is 264 cm³/mol. The van der Waals surface area contributed by atoms with E-state index in [1.165, 1.54) is 18.4 Å². The number of carbonyl (C=O) groups is 1. The maximum absolute atomic E-state index is 11.4. The van der Waals surface area contributed by atoms with Crippen LogP contribution in [0.1, 0.15) is 60.7 Å². The highest BCUT2D eigenvalue weighted by atomic mass is 127. The molecule has 2 heterocycles. The molecular weight excluding hydrogens is 959 g/mol. The number of aryl methyl sites for hydroxylation is 4. The van der Waals surface area contributed by atoms with Crippen LogP contribution in [0.4, 0.5) is 46.3 Å². The van der Waals surface area contributed by atoms with Crippen molar-refractivity contribution in [1.82, 2.24) is 19.9 Å². The molecule has 0 aliphatic heterocycles. The van der Waals surface area contributed by atoms with Crippen LogP contribution in [0, 0.1) is 73.0 Å². The Morgan fingerprint density at radius 1 is 0.585 bits per heavy atom. The number of aldehydes is 1. The van der Waals surface area contributed by atoms with Crippen LogP contribution in [0.2, 0.25) is 0 Å². The lowest BCUT2D eigenvalue weighted by molar-refractivity contribution is 0.111. The number of nitrogens with one attached hydrogen (secondary N) is 4. The van der Waals surface area contributed by atoms with Crippen molar-refractivity contribution in [2.75, 3.05) is 21.3 Å². The van der Waals surface area contributed by atoms with E-state index in [9.17, 15) is 4.79 Å². The second-order valence-corrected chi connectivity index (χ2v) is 13.2. The molecule has 0 spiro atoms. The zero-order chi connectivity index (χ0) is 45.7. The van der Waals surface area contributed by atoms with E-state index in [2.05, 4.69) is 64.4 Å². The Balaban J connectivity index is 0.000000418. The summed E-state index contributed by atoms with van der Waals surface area (Å²) in [6.45, 7) is 7.84. The van der Waals surface area contributed by atoms with Gasteiger partial charge >= 0.3 is 0 Å². The molecule has 0 bridgehead atoms. The number of carbonyl (C=O) groups excluding carboxylic acids is 1. The van der Waals surface area contributed by atoms with Crippen LogP contribution in [-0.2, 0) is 0 Å². The van der Waals surface area contributed by atoms with E-state index >= 15 is 0 Å². The maximum atomic E-state index is 11.4. The highest BCUT2D eigenvalue weighted by Gasteiger charge is 2.12. The summed E-state index contributed by atoms with van der Waals surface area (Å²) in [5, 5.41) is 66.5. The van der Waals surface area contributed by atoms with Gasteiger partial charge in [-0.15, -0.1) is 36.4 Å². The van der Waals surface area contributed by atoms with Gasteiger partial charge in [0.1, 0.15) is 17.3 Å². The van der Waals surface area contributed by atoms with Crippen LogP contribution in [0.25, 0.3) is 12.2 Å². The summed E-state index contributed by atoms with van der Waals surface area (Å²) in [6, 6.07) is 32.9. The number of hydrogen-bond donors (Lipinski definition) is 7. The summed E-state index contributed by atoms with van der Waals surface area (Å²) in [5.74, 6) is 5.03. The molecule has 0 saturated heterocycles. The summed E-state index contributed by atoms with van der Waals surface area (Å²) in [6.07, 6.45) is 8.25. The quantitative estimate of drug-likeness (QED) is 0.0150. The van der Waals surface area contributed by atoms with Crippen LogP contribution < -0.4 is 27.2 Å². The fraction of sp³-hybridized carbons (Fsp3) is 0.0870. The molecule has 8 N–H and O–H groups in total. The van der Waals surface area contributed by atoms with Gasteiger partial charge in [0.15, 0.2) is 6.29 Å². The molecule has 0 saturated carbocycles. The highest BCUT2D eigenvalue weighted by Crippen LogP contribution is 2.29. The number of aromatic nitrogens is 4. The van der Waals surface area contributed by atoms with Gasteiger partial charge in [-0.1, -0.05) is 5.16 Å². The van der Waals surface area contributed by atoms with Crippen molar-refractivity contribution in [1.29, 1.82) is 21.0 Å². The molecule has 0 unspecified atom stereocenters. The molecule has 6 aromatic rings. The first-order valence-electron chi connectivity index (χ1n) is 18.6. The number of allylic oxidation sites excluding steroid dienone is 2. The zero-order valence-electron chi connectivity index (χ0n) is 35.3. The minimum atomic E-state index is 0. The summed E-state index contributed by atoms with van der Waals surface area (Å²) in [7, 11) is 0. The number of nitriles is 4. The first-order chi connectivity index (χ1) is 30.5. The summed E-state index contributed by atoms with van der Waals surface area (Å²) >= 11 is 0. The zero-order valence-corrected chi connectivity index (χ0v) is 38.4. The van der Waals surface area contributed by atoms with Crippen molar-refractivity contribution in [3.05, 3.63) is 153 Å². The van der Waals surface area contributed by atoms with Crippen molar-refractivity contribution in [3.63, 3.8) is 0 Å². The van der Waals surface area contributed by atoms with Crippen molar-refractivity contribution in [2.24, 2.45) is 11.1 Å². The van der Waals surface area contributed by atoms with Gasteiger partial charge in [-0.2, -0.15) is 31.0 Å². The maximum Gasteiger partial charge on any atom is 0.229 e. The van der Waals surface area contributed by atoms with Crippen molar-refractivity contribution in [3.8, 4) is 24.3 Å². The third-order valence-corrected chi connectivity index (χ3v) is 8.66. The third-order valence-electron chi connectivity index (χ3n) is 8.66. The van der Waals surface area contributed by atoms with E-state index in [1.807, 2.05) is 64.1 Å². The molecule has 0 atom stereocenters. The van der Waals surface area contributed by atoms with Gasteiger partial charge in [-0.25, -0.2) is 15.9 Å². The van der Waals surface area contributed by atoms with Gasteiger partial charge in [-0.05, 0) is 146 Å². The van der Waals surface area contributed by atoms with Crippen LogP contribution in [0.15, 0.2) is 102 Å². The van der Waals surface area contributed by atoms with E-state index in [0.29, 0.717) is 52.1 Å². The minimum absolute atomic E-state index is 0. The number of anilines is 8. The van der Waals surface area contributed by atoms with Crippen molar-refractivity contribution < 1.29 is 15.2 Å². The summed E-state index contributed by atoms with van der Waals surface area (Å²) in [5.41, 5.74) is 10.6. The fourth-order valence-electron chi connectivity index (χ4n) is 5.98. The molecule has 0 aliphatic rings. The molecule has 17 nitrogen and oxygen atoms in total. The van der Waals surface area contributed by atoms with E-state index in [4.69, 9.17) is 31.5 Å². The molecule has 2 aromatic heterocycles. The number of benzene rings is 4. The third kappa shape index (κ3) is 15.9. The molecule has 0 amide bonds. The topological polar surface area (TPSA) is 291 Å². The molecule has 6 rings (SSSR count). The molecule has 0 aliphatic carbocycles. The number of nitrogens with zero attached hydrogens (tertiary/aromatic N) is 9. The minimum Gasteiger partial charge on any atom is -0.411 e. The van der Waals surface area contributed by atoms with Gasteiger partial charge in [0.25, 0.3) is 0 Å². The Kier molecular flexibility index (Phi) is 21.9. The van der Waals surface area contributed by atoms with Gasteiger partial charge < -0.3 is 31.7 Å². The number of halogens is 2. The first kappa shape index (κ1) is 52.9. The smallest absolute Gasteiger partial charge is 0.229 e. The Bertz CT molecular complexity index is 2800. The number of nitrogens with two attached hydrogens (primary N) is 1. The van der Waals surface area contributed by atoms with Crippen LogP contribution >= 0.6 is 36.4 Å². The lowest BCUT2D eigenvalue weighted by Gasteiger charge is -2.15. The van der Waals surface area contributed by atoms with Gasteiger partial charge in [0.2, 0.25) is 11.9 Å². The van der Waals surface area contributed by atoms with E-state index < -0.39 is 0 Å². The molecule has 0 fully saturated rings. The Hall–Kier alpha value is -8.24. The second-order valence-electron chi connectivity index (χ2n) is 13.2. The molecule has 328 valence electrons. The molecule has 4 aromatic carbocycles. The molecule has 65 heavy (non-hydrogen) atoms. The Morgan fingerprint density at radius 2 is 0.954 bits per heavy atom.